The standard InChI is InChI=1S/C9H14N4OS/c1-15-6-4-7(10)9(14)12-8-3-2-5-11-13-8/h2-3,5,7H,4,6,10H2,1H3,(H,12,13,14)/t7-/m1/s1. The molecule has 0 saturated carbocycles. The third-order valence-corrected chi connectivity index (χ3v) is 2.44. The smallest absolute Gasteiger partial charge is 0.242 e. The first-order chi connectivity index (χ1) is 7.24. The highest BCUT2D eigenvalue weighted by Gasteiger charge is 2.13. The van der Waals surface area contributed by atoms with Crippen LogP contribution in [0.1, 0.15) is 6.42 Å². The van der Waals surface area contributed by atoms with Crippen molar-refractivity contribution in [3.8, 4) is 0 Å². The molecule has 0 saturated heterocycles. The summed E-state index contributed by atoms with van der Waals surface area (Å²) in [5.41, 5.74) is 5.68. The predicted octanol–water partition coefficient (Wildman–Crippen LogP) is 0.495. The van der Waals surface area contributed by atoms with Crippen molar-refractivity contribution in [2.45, 2.75) is 12.5 Å². The molecule has 0 aliphatic rings. The van der Waals surface area contributed by atoms with Crippen LogP contribution in [0.5, 0.6) is 0 Å². The van der Waals surface area contributed by atoms with Gasteiger partial charge in [0.2, 0.25) is 5.91 Å². The lowest BCUT2D eigenvalue weighted by molar-refractivity contribution is -0.117. The van der Waals surface area contributed by atoms with Crippen molar-refractivity contribution in [2.24, 2.45) is 5.73 Å². The Hall–Kier alpha value is -1.14. The van der Waals surface area contributed by atoms with Crippen molar-refractivity contribution < 1.29 is 4.79 Å². The van der Waals surface area contributed by atoms with Crippen LogP contribution in [-0.2, 0) is 4.79 Å². The quantitative estimate of drug-likeness (QED) is 0.764. The fraction of sp³-hybridized carbons (Fsp3) is 0.444. The van der Waals surface area contributed by atoms with Crippen molar-refractivity contribution >= 4 is 23.5 Å². The molecule has 0 aliphatic heterocycles. The Morgan fingerprint density at radius 2 is 2.53 bits per heavy atom. The summed E-state index contributed by atoms with van der Waals surface area (Å²) in [7, 11) is 0. The van der Waals surface area contributed by atoms with Gasteiger partial charge in [0.1, 0.15) is 0 Å². The van der Waals surface area contributed by atoms with Gasteiger partial charge in [-0.2, -0.15) is 16.9 Å². The number of thioether (sulfide) groups is 1. The minimum absolute atomic E-state index is 0.218. The minimum Gasteiger partial charge on any atom is -0.320 e. The SMILES string of the molecule is CSCC[C@@H](N)C(=O)Nc1cccnn1. The van der Waals surface area contributed by atoms with E-state index < -0.39 is 6.04 Å². The van der Waals surface area contributed by atoms with Gasteiger partial charge in [-0.05, 0) is 30.6 Å². The summed E-state index contributed by atoms with van der Waals surface area (Å²) in [5.74, 6) is 1.08. The van der Waals surface area contributed by atoms with Crippen LogP contribution in [0.3, 0.4) is 0 Å². The van der Waals surface area contributed by atoms with E-state index in [4.69, 9.17) is 5.73 Å². The van der Waals surface area contributed by atoms with Crippen LogP contribution < -0.4 is 11.1 Å². The minimum atomic E-state index is -0.487. The van der Waals surface area contributed by atoms with Crippen molar-refractivity contribution in [1.82, 2.24) is 10.2 Å². The van der Waals surface area contributed by atoms with Gasteiger partial charge in [0.25, 0.3) is 0 Å². The Labute approximate surface area is 92.8 Å². The highest BCUT2D eigenvalue weighted by molar-refractivity contribution is 7.98. The molecule has 0 radical (unpaired) electrons. The molecule has 6 heteroatoms. The lowest BCUT2D eigenvalue weighted by Gasteiger charge is -2.10. The monoisotopic (exact) mass is 226 g/mol. The highest BCUT2D eigenvalue weighted by atomic mass is 32.2. The normalized spacial score (nSPS) is 12.1. The lowest BCUT2D eigenvalue weighted by atomic mass is 10.2. The molecule has 1 rings (SSSR count). The summed E-state index contributed by atoms with van der Waals surface area (Å²) >= 11 is 1.67. The van der Waals surface area contributed by atoms with Gasteiger partial charge in [-0.25, -0.2) is 0 Å². The molecule has 1 amide bonds. The molecule has 5 nitrogen and oxygen atoms in total. The molecule has 82 valence electrons. The number of aromatic nitrogens is 2. The first-order valence-corrected chi connectivity index (χ1v) is 5.96. The Morgan fingerprint density at radius 3 is 3.13 bits per heavy atom. The molecule has 1 aromatic rings. The van der Waals surface area contributed by atoms with E-state index in [9.17, 15) is 4.79 Å². The summed E-state index contributed by atoms with van der Waals surface area (Å²) in [6.07, 6.45) is 4.18. The van der Waals surface area contributed by atoms with Gasteiger partial charge in [0.15, 0.2) is 5.82 Å². The molecule has 1 aromatic heterocycles. The fourth-order valence-electron chi connectivity index (χ4n) is 0.963. The van der Waals surface area contributed by atoms with Crippen LogP contribution in [0, 0.1) is 0 Å². The van der Waals surface area contributed by atoms with E-state index in [2.05, 4.69) is 15.5 Å². The number of anilines is 1. The van der Waals surface area contributed by atoms with E-state index in [0.29, 0.717) is 12.2 Å². The Kier molecular flexibility index (Phi) is 5.06. The molecular weight excluding hydrogens is 212 g/mol. The second-order valence-electron chi connectivity index (χ2n) is 2.99. The van der Waals surface area contributed by atoms with Crippen molar-refractivity contribution in [1.29, 1.82) is 0 Å². The number of nitrogens with zero attached hydrogens (tertiary/aromatic N) is 2. The van der Waals surface area contributed by atoms with E-state index >= 15 is 0 Å². The van der Waals surface area contributed by atoms with E-state index in [0.717, 1.165) is 5.75 Å². The molecule has 0 aromatic carbocycles. The number of hydrogen-bond acceptors (Lipinski definition) is 5. The van der Waals surface area contributed by atoms with Crippen LogP contribution in [0.2, 0.25) is 0 Å². The van der Waals surface area contributed by atoms with Gasteiger partial charge >= 0.3 is 0 Å². The maximum absolute atomic E-state index is 11.5. The number of carbonyl (C=O) groups excluding carboxylic acids is 1. The number of nitrogens with one attached hydrogen (secondary N) is 1. The fourth-order valence-corrected chi connectivity index (χ4v) is 1.45. The van der Waals surface area contributed by atoms with Gasteiger partial charge in [-0.15, -0.1) is 5.10 Å². The topological polar surface area (TPSA) is 80.9 Å². The van der Waals surface area contributed by atoms with E-state index in [1.165, 1.54) is 0 Å². The number of carbonyl (C=O) groups is 1. The van der Waals surface area contributed by atoms with Gasteiger partial charge in [-0.3, -0.25) is 4.79 Å². The summed E-state index contributed by atoms with van der Waals surface area (Å²) in [4.78, 5) is 11.5. The van der Waals surface area contributed by atoms with Gasteiger partial charge in [0.05, 0.1) is 6.04 Å². The molecule has 0 spiro atoms. The second kappa shape index (κ2) is 6.36. The highest BCUT2D eigenvalue weighted by Crippen LogP contribution is 2.02. The van der Waals surface area contributed by atoms with E-state index in [-0.39, 0.29) is 5.91 Å². The average Bonchev–Trinajstić information content (AvgIpc) is 2.27. The summed E-state index contributed by atoms with van der Waals surface area (Å²) in [5, 5.41) is 9.99. The summed E-state index contributed by atoms with van der Waals surface area (Å²) in [6, 6.07) is 2.89. The molecule has 3 N–H and O–H groups in total. The first-order valence-electron chi connectivity index (χ1n) is 4.57. The molecule has 0 bridgehead atoms. The first kappa shape index (κ1) is 11.9. The molecule has 0 fully saturated rings. The van der Waals surface area contributed by atoms with Crippen molar-refractivity contribution in [3.05, 3.63) is 18.3 Å². The number of hydrogen-bond donors (Lipinski definition) is 2. The van der Waals surface area contributed by atoms with E-state index in [1.54, 1.807) is 30.1 Å². The summed E-state index contributed by atoms with van der Waals surface area (Å²) < 4.78 is 0. The van der Waals surface area contributed by atoms with Crippen LogP contribution >= 0.6 is 11.8 Å². The predicted molar refractivity (Wildman–Crippen MR) is 61.6 cm³/mol. The lowest BCUT2D eigenvalue weighted by Crippen LogP contribution is -2.36. The maximum atomic E-state index is 11.5. The van der Waals surface area contributed by atoms with Crippen LogP contribution in [0.15, 0.2) is 18.3 Å². The number of nitrogens with two attached hydrogens (primary N) is 1. The van der Waals surface area contributed by atoms with Crippen molar-refractivity contribution in [3.63, 3.8) is 0 Å². The third-order valence-electron chi connectivity index (χ3n) is 1.79. The maximum Gasteiger partial charge on any atom is 0.242 e. The van der Waals surface area contributed by atoms with Crippen LogP contribution in [0.25, 0.3) is 0 Å². The zero-order valence-corrected chi connectivity index (χ0v) is 9.33. The zero-order chi connectivity index (χ0) is 11.1. The molecule has 0 unspecified atom stereocenters. The molecule has 0 aliphatic carbocycles. The van der Waals surface area contributed by atoms with Gasteiger partial charge in [-0.1, -0.05) is 0 Å². The number of rotatable bonds is 5. The molecule has 1 atom stereocenters. The van der Waals surface area contributed by atoms with Crippen LogP contribution in [-0.4, -0.2) is 34.2 Å². The molecule has 1 heterocycles. The zero-order valence-electron chi connectivity index (χ0n) is 8.51. The molecular formula is C9H14N4OS. The molecule has 15 heavy (non-hydrogen) atoms. The summed E-state index contributed by atoms with van der Waals surface area (Å²) in [6.45, 7) is 0. The van der Waals surface area contributed by atoms with Gasteiger partial charge < -0.3 is 11.1 Å². The largest absolute Gasteiger partial charge is 0.320 e. The Bertz CT molecular complexity index is 306. The third kappa shape index (κ3) is 4.26. The van der Waals surface area contributed by atoms with Gasteiger partial charge in [0, 0.05) is 6.20 Å². The average molecular weight is 226 g/mol. The second-order valence-corrected chi connectivity index (χ2v) is 3.97. The van der Waals surface area contributed by atoms with Crippen LogP contribution in [0.4, 0.5) is 5.82 Å². The number of amides is 1. The van der Waals surface area contributed by atoms with E-state index in [1.807, 2.05) is 6.26 Å². The Morgan fingerprint density at radius 1 is 1.73 bits per heavy atom. The Balaban J connectivity index is 2.42. The van der Waals surface area contributed by atoms with Crippen molar-refractivity contribution in [2.75, 3.05) is 17.3 Å².